The van der Waals surface area contributed by atoms with Crippen LogP contribution in [0.5, 0.6) is 0 Å². The first-order valence-electron chi connectivity index (χ1n) is 10.1. The van der Waals surface area contributed by atoms with Gasteiger partial charge in [-0.05, 0) is 35.4 Å². The predicted octanol–water partition coefficient (Wildman–Crippen LogP) is 4.74. The molecule has 3 rings (SSSR count). The molecule has 3 aromatic carbocycles. The van der Waals surface area contributed by atoms with Gasteiger partial charge in [-0.15, -0.1) is 0 Å². The van der Waals surface area contributed by atoms with E-state index in [2.05, 4.69) is 5.32 Å². The number of hydrogen-bond donors (Lipinski definition) is 1. The van der Waals surface area contributed by atoms with Crippen LogP contribution in [0.2, 0.25) is 0 Å². The number of amides is 1. The molecule has 0 radical (unpaired) electrons. The van der Waals surface area contributed by atoms with Gasteiger partial charge < -0.3 is 5.32 Å². The molecular weight excluding hydrogens is 393 g/mol. The Labute approximate surface area is 181 Å². The summed E-state index contributed by atoms with van der Waals surface area (Å²) in [6, 6.07) is 22.5. The van der Waals surface area contributed by atoms with Crippen LogP contribution in [0.1, 0.15) is 25.0 Å². The minimum Gasteiger partial charge on any atom is -0.325 e. The second-order valence-corrected chi connectivity index (χ2v) is 7.68. The van der Waals surface area contributed by atoms with Gasteiger partial charge in [0.1, 0.15) is 5.82 Å². The van der Waals surface area contributed by atoms with Gasteiger partial charge in [0.25, 0.3) is 0 Å². The Morgan fingerprint density at radius 2 is 1.39 bits per heavy atom. The second-order valence-electron chi connectivity index (χ2n) is 7.68. The molecule has 4 nitrogen and oxygen atoms in total. The fraction of sp³-hybridized carbons (Fsp3) is 0.192. The van der Waals surface area contributed by atoms with Crippen LogP contribution in [0.3, 0.4) is 0 Å². The Morgan fingerprint density at radius 1 is 0.839 bits per heavy atom. The van der Waals surface area contributed by atoms with Gasteiger partial charge in [-0.25, -0.2) is 4.39 Å². The highest BCUT2D eigenvalue weighted by molar-refractivity contribution is 6.32. The maximum Gasteiger partial charge on any atom is 0.250 e. The Balaban J connectivity index is 2.13. The third kappa shape index (κ3) is 4.61. The first kappa shape index (κ1) is 22.1. The zero-order chi connectivity index (χ0) is 22.4. The van der Waals surface area contributed by atoms with Crippen molar-refractivity contribution in [2.24, 2.45) is 5.92 Å². The fourth-order valence-electron chi connectivity index (χ4n) is 3.60. The van der Waals surface area contributed by atoms with Crippen LogP contribution in [0.4, 0.5) is 10.1 Å². The summed E-state index contributed by atoms with van der Waals surface area (Å²) in [6.45, 7) is 3.34. The number of ketones is 2. The first-order chi connectivity index (χ1) is 14.9. The maximum absolute atomic E-state index is 13.7. The molecule has 0 heterocycles. The maximum atomic E-state index is 13.7. The third-order valence-corrected chi connectivity index (χ3v) is 5.17. The molecule has 158 valence electrons. The van der Waals surface area contributed by atoms with Crippen LogP contribution in [0, 0.1) is 11.7 Å². The second kappa shape index (κ2) is 9.47. The van der Waals surface area contributed by atoms with Crippen LogP contribution < -0.4 is 5.32 Å². The molecular formula is C26H24FNO3. The van der Waals surface area contributed by atoms with E-state index in [9.17, 15) is 18.8 Å². The highest BCUT2D eigenvalue weighted by atomic mass is 19.1. The summed E-state index contributed by atoms with van der Waals surface area (Å²) in [7, 11) is 0. The van der Waals surface area contributed by atoms with Crippen LogP contribution >= 0.6 is 0 Å². The number of halogens is 1. The monoisotopic (exact) mass is 417 g/mol. The van der Waals surface area contributed by atoms with Gasteiger partial charge in [0, 0.05) is 18.0 Å². The average molecular weight is 417 g/mol. The highest BCUT2D eigenvalue weighted by Gasteiger charge is 2.53. The SMILES string of the molecule is CC(C)C(=O)C(C(=O)Cc1ccc(F)cc1)(C(=O)Nc1ccccc1)c1ccccc1. The zero-order valence-corrected chi connectivity index (χ0v) is 17.5. The zero-order valence-electron chi connectivity index (χ0n) is 17.5. The summed E-state index contributed by atoms with van der Waals surface area (Å²) < 4.78 is 13.3. The normalized spacial score (nSPS) is 12.8. The fourth-order valence-corrected chi connectivity index (χ4v) is 3.60. The van der Waals surface area contributed by atoms with Crippen molar-refractivity contribution in [3.63, 3.8) is 0 Å². The van der Waals surface area contributed by atoms with Crippen LogP contribution in [-0.4, -0.2) is 17.5 Å². The Bertz CT molecular complexity index is 1060. The molecule has 0 aliphatic rings. The molecule has 1 N–H and O–H groups in total. The summed E-state index contributed by atoms with van der Waals surface area (Å²) in [4.78, 5) is 40.9. The topological polar surface area (TPSA) is 63.2 Å². The van der Waals surface area contributed by atoms with Crippen LogP contribution in [0.15, 0.2) is 84.9 Å². The van der Waals surface area contributed by atoms with Crippen LogP contribution in [0.25, 0.3) is 0 Å². The lowest BCUT2D eigenvalue weighted by Crippen LogP contribution is -2.55. The van der Waals surface area contributed by atoms with E-state index < -0.39 is 34.6 Å². The molecule has 3 aromatic rings. The summed E-state index contributed by atoms with van der Waals surface area (Å²) in [5, 5.41) is 2.75. The standard InChI is InChI=1S/C26H24FNO3/c1-18(2)24(30)26(20-9-5-3-6-10-20,25(31)28-22-11-7-4-8-12-22)23(29)17-19-13-15-21(27)16-14-19/h3-16,18H,17H2,1-2H3,(H,28,31). The number of benzene rings is 3. The van der Waals surface area contributed by atoms with E-state index in [0.717, 1.165) is 0 Å². The van der Waals surface area contributed by atoms with Crippen LogP contribution in [-0.2, 0) is 26.2 Å². The van der Waals surface area contributed by atoms with Gasteiger partial charge in [-0.3, -0.25) is 14.4 Å². The molecule has 0 saturated heterocycles. The number of hydrogen-bond acceptors (Lipinski definition) is 3. The third-order valence-electron chi connectivity index (χ3n) is 5.17. The molecule has 0 spiro atoms. The molecule has 0 fully saturated rings. The van der Waals surface area contributed by atoms with Gasteiger partial charge in [0.2, 0.25) is 5.91 Å². The van der Waals surface area contributed by atoms with Crippen molar-refractivity contribution in [3.05, 3.63) is 102 Å². The first-order valence-corrected chi connectivity index (χ1v) is 10.1. The van der Waals surface area contributed by atoms with Crippen molar-refractivity contribution in [1.29, 1.82) is 0 Å². The Morgan fingerprint density at radius 3 is 1.94 bits per heavy atom. The van der Waals surface area contributed by atoms with E-state index in [-0.39, 0.29) is 6.42 Å². The Kier molecular flexibility index (Phi) is 6.75. The summed E-state index contributed by atoms with van der Waals surface area (Å²) >= 11 is 0. The minimum atomic E-state index is -2.03. The number of Topliss-reactive ketones (excluding diaryl/α,β-unsaturated/α-hetero) is 2. The number of carbonyl (C=O) groups excluding carboxylic acids is 3. The van der Waals surface area contributed by atoms with E-state index in [1.54, 1.807) is 74.5 Å². The summed E-state index contributed by atoms with van der Waals surface area (Å²) in [5.41, 5.74) is -0.705. The van der Waals surface area contributed by atoms with Crippen molar-refractivity contribution < 1.29 is 18.8 Å². The summed E-state index contributed by atoms with van der Waals surface area (Å²) in [5.74, 6) is -2.74. The number of para-hydroxylation sites is 1. The van der Waals surface area contributed by atoms with Gasteiger partial charge in [-0.1, -0.05) is 74.5 Å². The summed E-state index contributed by atoms with van der Waals surface area (Å²) in [6.07, 6.45) is -0.185. The van der Waals surface area contributed by atoms with Gasteiger partial charge >= 0.3 is 0 Å². The van der Waals surface area contributed by atoms with Gasteiger partial charge in [0.15, 0.2) is 17.0 Å². The van der Waals surface area contributed by atoms with Crippen molar-refractivity contribution in [1.82, 2.24) is 0 Å². The largest absolute Gasteiger partial charge is 0.325 e. The quantitative estimate of drug-likeness (QED) is 0.539. The van der Waals surface area contributed by atoms with Gasteiger partial charge in [0.05, 0.1) is 0 Å². The number of carbonyl (C=O) groups is 3. The molecule has 0 aliphatic heterocycles. The molecule has 0 saturated carbocycles. The van der Waals surface area contributed by atoms with Gasteiger partial charge in [-0.2, -0.15) is 0 Å². The number of nitrogens with one attached hydrogen (secondary N) is 1. The average Bonchev–Trinajstić information content (AvgIpc) is 2.77. The van der Waals surface area contributed by atoms with E-state index in [0.29, 0.717) is 16.8 Å². The molecule has 31 heavy (non-hydrogen) atoms. The highest BCUT2D eigenvalue weighted by Crippen LogP contribution is 2.33. The molecule has 1 atom stereocenters. The molecule has 0 aliphatic carbocycles. The lowest BCUT2D eigenvalue weighted by molar-refractivity contribution is -0.143. The van der Waals surface area contributed by atoms with E-state index in [4.69, 9.17) is 0 Å². The van der Waals surface area contributed by atoms with E-state index >= 15 is 0 Å². The van der Waals surface area contributed by atoms with E-state index in [1.165, 1.54) is 24.3 Å². The lowest BCUT2D eigenvalue weighted by Gasteiger charge is -2.32. The number of rotatable bonds is 8. The minimum absolute atomic E-state index is 0.185. The van der Waals surface area contributed by atoms with Crippen molar-refractivity contribution in [2.75, 3.05) is 5.32 Å². The Hall–Kier alpha value is -3.60. The van der Waals surface area contributed by atoms with Crippen molar-refractivity contribution in [3.8, 4) is 0 Å². The molecule has 1 amide bonds. The molecule has 1 unspecified atom stereocenters. The van der Waals surface area contributed by atoms with E-state index in [1.807, 2.05) is 0 Å². The van der Waals surface area contributed by atoms with Crippen molar-refractivity contribution >= 4 is 23.2 Å². The molecule has 5 heteroatoms. The smallest absolute Gasteiger partial charge is 0.250 e. The molecule has 0 aromatic heterocycles. The number of anilines is 1. The lowest BCUT2D eigenvalue weighted by atomic mass is 9.68. The van der Waals surface area contributed by atoms with Crippen molar-refractivity contribution in [2.45, 2.75) is 25.7 Å². The predicted molar refractivity (Wildman–Crippen MR) is 118 cm³/mol. The molecule has 0 bridgehead atoms.